The summed E-state index contributed by atoms with van der Waals surface area (Å²) in [7, 11) is 0. The number of nitrogen functional groups attached to an aromatic ring is 2. The Morgan fingerprint density at radius 3 is 1.38 bits per heavy atom. The molecule has 116 valence electrons. The highest BCUT2D eigenvalue weighted by Crippen LogP contribution is 1.93. The van der Waals surface area contributed by atoms with Crippen molar-refractivity contribution in [2.75, 3.05) is 11.5 Å². The van der Waals surface area contributed by atoms with Gasteiger partial charge in [-0.3, -0.25) is 0 Å². The van der Waals surface area contributed by atoms with E-state index in [0.717, 1.165) is 11.6 Å². The molecule has 2 heterocycles. The van der Waals surface area contributed by atoms with Gasteiger partial charge in [-0.05, 0) is 0 Å². The van der Waals surface area contributed by atoms with Gasteiger partial charge in [-0.15, -0.1) is 0 Å². The Labute approximate surface area is 114 Å². The monoisotopic (exact) mass is 306 g/mol. The zero-order chi connectivity index (χ0) is 16.4. The summed E-state index contributed by atoms with van der Waals surface area (Å²) >= 11 is 0. The van der Waals surface area contributed by atoms with Crippen LogP contribution in [-0.4, -0.2) is 30.6 Å². The van der Waals surface area contributed by atoms with E-state index in [1.807, 2.05) is 0 Å². The quantitative estimate of drug-likeness (QED) is 0.323. The van der Waals surface area contributed by atoms with E-state index in [4.69, 9.17) is 42.1 Å². The lowest BCUT2D eigenvalue weighted by Gasteiger charge is -1.82. The predicted molar refractivity (Wildman–Crippen MR) is 62.6 cm³/mol. The number of aromatic amines is 4. The Bertz CT molecular complexity index is 520. The largest absolute Gasteiger partial charge is 0.372 e. The minimum Gasteiger partial charge on any atom is -0.356 e. The Balaban J connectivity index is 0.000000421. The summed E-state index contributed by atoms with van der Waals surface area (Å²) in [6, 6.07) is 0. The van der Waals surface area contributed by atoms with Gasteiger partial charge in [0, 0.05) is 10.2 Å². The molecular weight excluding hydrogens is 296 g/mol. The van der Waals surface area contributed by atoms with E-state index >= 15 is 0 Å². The maximum atomic E-state index is 8.25. The molecule has 16 nitrogen and oxygen atoms in total. The van der Waals surface area contributed by atoms with Crippen LogP contribution in [0.15, 0.2) is 0 Å². The molecule has 2 aromatic rings. The fourth-order valence-corrected chi connectivity index (χ4v) is 1.02. The molecule has 2 aromatic heterocycles. The summed E-state index contributed by atoms with van der Waals surface area (Å²) in [5.41, 5.74) is 10.8. The van der Waals surface area contributed by atoms with Crippen LogP contribution in [0.1, 0.15) is 11.6 Å². The van der Waals surface area contributed by atoms with Gasteiger partial charge in [0.15, 0.2) is 0 Å². The first-order valence-electron chi connectivity index (χ1n) is 4.77. The highest BCUT2D eigenvalue weighted by atomic mass is 16.9. The van der Waals surface area contributed by atoms with Crippen LogP contribution in [0.3, 0.4) is 0 Å². The fraction of sp³-hybridized carbons (Fsp3) is 0.200. The van der Waals surface area contributed by atoms with Gasteiger partial charge in [0.25, 0.3) is 0 Å². The number of nitrogens with one attached hydrogen (secondary N) is 4. The Morgan fingerprint density at radius 1 is 0.905 bits per heavy atom. The van der Waals surface area contributed by atoms with E-state index in [1.165, 1.54) is 0 Å². The fourth-order valence-electron chi connectivity index (χ4n) is 1.02. The SMILES string of the molecule is Nc1n[nH]c(Cc2[nH]nc(N)[nH+]2)[nH+]1.O=[N+]([O-])[O-].O=[N+]([O-])[O-]. The number of nitrogens with zero attached hydrogens (tertiary/aromatic N) is 4. The number of anilines is 2. The third-order valence-electron chi connectivity index (χ3n) is 1.53. The lowest BCUT2D eigenvalue weighted by molar-refractivity contribution is -0.403. The molecule has 0 unspecified atom stereocenters. The van der Waals surface area contributed by atoms with Gasteiger partial charge < -0.3 is 42.1 Å². The van der Waals surface area contributed by atoms with E-state index in [0.29, 0.717) is 18.3 Å². The maximum absolute atomic E-state index is 8.25. The molecule has 0 aliphatic carbocycles. The average Bonchev–Trinajstić information content (AvgIpc) is 2.87. The second-order valence-corrected chi connectivity index (χ2v) is 3.05. The summed E-state index contributed by atoms with van der Waals surface area (Å²) in [5.74, 6) is 2.25. The van der Waals surface area contributed by atoms with E-state index in [1.54, 1.807) is 0 Å². The first-order valence-corrected chi connectivity index (χ1v) is 4.77. The number of hydrogen-bond acceptors (Lipinski definition) is 10. The highest BCUT2D eigenvalue weighted by Gasteiger charge is 2.11. The molecule has 0 spiro atoms. The number of aromatic nitrogens is 6. The van der Waals surface area contributed by atoms with E-state index in [9.17, 15) is 0 Å². The zero-order valence-corrected chi connectivity index (χ0v) is 10.1. The van der Waals surface area contributed by atoms with Gasteiger partial charge in [-0.1, -0.05) is 0 Å². The molecule has 0 saturated heterocycles. The molecule has 0 amide bonds. The lowest BCUT2D eigenvalue weighted by Crippen LogP contribution is -2.17. The van der Waals surface area contributed by atoms with Gasteiger partial charge in [0.1, 0.15) is 6.42 Å². The van der Waals surface area contributed by atoms with Gasteiger partial charge >= 0.3 is 11.9 Å². The molecule has 16 heteroatoms. The number of hydrogen-bond donors (Lipinski definition) is 4. The summed E-state index contributed by atoms with van der Waals surface area (Å²) in [6.45, 7) is 0. The summed E-state index contributed by atoms with van der Waals surface area (Å²) in [4.78, 5) is 22.2. The molecular formula is C5H10N10O6. The number of rotatable bonds is 2. The van der Waals surface area contributed by atoms with Crippen molar-refractivity contribution in [2.45, 2.75) is 6.42 Å². The van der Waals surface area contributed by atoms with Gasteiger partial charge in [-0.2, -0.15) is 10.2 Å². The van der Waals surface area contributed by atoms with Crippen molar-refractivity contribution in [3.8, 4) is 0 Å². The summed E-state index contributed by atoms with van der Waals surface area (Å²) in [6.07, 6.45) is 0.564. The van der Waals surface area contributed by atoms with Crippen LogP contribution in [0.5, 0.6) is 0 Å². The second-order valence-electron chi connectivity index (χ2n) is 3.05. The zero-order valence-electron chi connectivity index (χ0n) is 10.1. The van der Waals surface area contributed by atoms with Crippen molar-refractivity contribution in [3.05, 3.63) is 42.3 Å². The van der Waals surface area contributed by atoms with E-state index in [-0.39, 0.29) is 0 Å². The van der Waals surface area contributed by atoms with Crippen molar-refractivity contribution < 1.29 is 20.1 Å². The first-order chi connectivity index (χ1) is 9.70. The molecule has 0 saturated carbocycles. The van der Waals surface area contributed by atoms with Crippen molar-refractivity contribution in [1.29, 1.82) is 0 Å². The van der Waals surface area contributed by atoms with Gasteiger partial charge in [-0.25, -0.2) is 9.97 Å². The molecule has 0 fully saturated rings. The molecule has 0 aromatic carbocycles. The van der Waals surface area contributed by atoms with Crippen molar-refractivity contribution >= 4 is 11.9 Å². The standard InChI is InChI=1S/C5H8N8.2NO3/c6-4-8-2(10-12-4)1-3-9-5(7)13-11-3;2*2-1(3)4/h1H2,(H3,6,8,10,12)(H3,7,9,11,13);;/q;2*-1/p+2. The molecule has 21 heavy (non-hydrogen) atoms. The predicted octanol–water partition coefficient (Wildman–Crippen LogP) is -2.96. The normalized spacial score (nSPS) is 8.76. The highest BCUT2D eigenvalue weighted by molar-refractivity contribution is 5.04. The van der Waals surface area contributed by atoms with Crippen molar-refractivity contribution in [3.63, 3.8) is 0 Å². The minimum atomic E-state index is -1.75. The Morgan fingerprint density at radius 2 is 1.19 bits per heavy atom. The number of nitrogens with two attached hydrogens (primary N) is 2. The molecule has 0 radical (unpaired) electrons. The van der Waals surface area contributed by atoms with Gasteiger partial charge in [0.05, 0.1) is 10.2 Å². The smallest absolute Gasteiger partial charge is 0.356 e. The average molecular weight is 306 g/mol. The van der Waals surface area contributed by atoms with Crippen LogP contribution in [0.2, 0.25) is 0 Å². The van der Waals surface area contributed by atoms with E-state index in [2.05, 4.69) is 30.4 Å². The molecule has 2 rings (SSSR count). The van der Waals surface area contributed by atoms with Crippen LogP contribution in [-0.2, 0) is 6.42 Å². The molecule has 8 N–H and O–H groups in total. The summed E-state index contributed by atoms with van der Waals surface area (Å²) in [5, 5.41) is 42.4. The third kappa shape index (κ3) is 9.93. The Hall–Kier alpha value is -3.72. The van der Waals surface area contributed by atoms with Crippen LogP contribution >= 0.6 is 0 Å². The van der Waals surface area contributed by atoms with Crippen molar-refractivity contribution in [1.82, 2.24) is 20.4 Å². The Kier molecular flexibility index (Phi) is 6.91. The molecule has 0 aliphatic heterocycles. The summed E-state index contributed by atoms with van der Waals surface area (Å²) < 4.78 is 0. The van der Waals surface area contributed by atoms with Crippen LogP contribution in [0.4, 0.5) is 11.9 Å². The topological polar surface area (TPSA) is 270 Å². The first kappa shape index (κ1) is 17.3. The molecule has 0 bridgehead atoms. The molecule has 0 atom stereocenters. The van der Waals surface area contributed by atoms with Crippen LogP contribution < -0.4 is 21.4 Å². The van der Waals surface area contributed by atoms with Gasteiger partial charge in [0.2, 0.25) is 11.6 Å². The maximum Gasteiger partial charge on any atom is 0.372 e. The van der Waals surface area contributed by atoms with E-state index < -0.39 is 10.2 Å². The van der Waals surface area contributed by atoms with Crippen LogP contribution in [0, 0.1) is 30.6 Å². The third-order valence-corrected chi connectivity index (χ3v) is 1.53. The van der Waals surface area contributed by atoms with Crippen molar-refractivity contribution in [2.24, 2.45) is 0 Å². The minimum absolute atomic E-state index is 0.350. The second kappa shape index (κ2) is 8.39. The van der Waals surface area contributed by atoms with Crippen LogP contribution in [0.25, 0.3) is 0 Å². The molecule has 0 aliphatic rings. The lowest BCUT2D eigenvalue weighted by atomic mass is 10.4. The number of H-pyrrole nitrogens is 4.